The molecule has 2 heterocycles. The standard InChI is InChI=1S/C24H26N2O3/c1-17(27)25-15-13-18-6-3-4-7-21(18)23(25)16-24(28)26-14-5-8-22(26)19-9-11-20(29-2)12-10-19/h3-4,6-7,9-13,15,22-23H,5,8,14,16H2,1-2H3/t22-,23-/m0/s1. The maximum absolute atomic E-state index is 13.3. The third-order valence-electron chi connectivity index (χ3n) is 5.91. The van der Waals surface area contributed by atoms with Gasteiger partial charge in [-0.15, -0.1) is 0 Å². The van der Waals surface area contributed by atoms with E-state index >= 15 is 0 Å². The van der Waals surface area contributed by atoms with Gasteiger partial charge in [-0.1, -0.05) is 36.4 Å². The number of rotatable bonds is 4. The number of likely N-dealkylation sites (tertiary alicyclic amines) is 1. The van der Waals surface area contributed by atoms with Crippen LogP contribution in [0.5, 0.6) is 5.75 Å². The third-order valence-corrected chi connectivity index (χ3v) is 5.91. The molecule has 0 unspecified atom stereocenters. The summed E-state index contributed by atoms with van der Waals surface area (Å²) in [5.41, 5.74) is 3.22. The van der Waals surface area contributed by atoms with Crippen molar-refractivity contribution in [3.05, 3.63) is 71.4 Å². The number of nitrogens with zero attached hydrogens (tertiary/aromatic N) is 2. The molecule has 2 atom stereocenters. The second-order valence-electron chi connectivity index (χ2n) is 7.61. The number of benzene rings is 2. The number of methoxy groups -OCH3 is 1. The number of fused-ring (bicyclic) bond motifs is 1. The summed E-state index contributed by atoms with van der Waals surface area (Å²) < 4.78 is 5.25. The molecular formula is C24H26N2O3. The first kappa shape index (κ1) is 19.2. The minimum atomic E-state index is -0.265. The molecule has 0 spiro atoms. The highest BCUT2D eigenvalue weighted by Gasteiger charge is 2.34. The molecule has 29 heavy (non-hydrogen) atoms. The third kappa shape index (κ3) is 3.77. The van der Waals surface area contributed by atoms with E-state index in [0.29, 0.717) is 0 Å². The fourth-order valence-corrected chi connectivity index (χ4v) is 4.43. The molecule has 2 aliphatic heterocycles. The quantitative estimate of drug-likeness (QED) is 0.781. The van der Waals surface area contributed by atoms with Gasteiger partial charge in [-0.3, -0.25) is 9.59 Å². The Labute approximate surface area is 171 Å². The predicted octanol–water partition coefficient (Wildman–Crippen LogP) is 4.32. The molecule has 1 saturated heterocycles. The van der Waals surface area contributed by atoms with Crippen LogP contribution < -0.4 is 4.74 Å². The van der Waals surface area contributed by atoms with Crippen molar-refractivity contribution in [2.45, 2.75) is 38.3 Å². The number of amides is 2. The van der Waals surface area contributed by atoms with Gasteiger partial charge in [0.05, 0.1) is 25.6 Å². The number of carbonyl (C=O) groups excluding carboxylic acids is 2. The second kappa shape index (κ2) is 8.11. The predicted molar refractivity (Wildman–Crippen MR) is 112 cm³/mol. The largest absolute Gasteiger partial charge is 0.497 e. The van der Waals surface area contributed by atoms with Crippen LogP contribution in [0.15, 0.2) is 54.7 Å². The molecule has 0 saturated carbocycles. The van der Waals surface area contributed by atoms with Crippen molar-refractivity contribution in [1.82, 2.24) is 9.80 Å². The Balaban J connectivity index is 1.56. The molecule has 0 aliphatic carbocycles. The molecule has 150 valence electrons. The average molecular weight is 390 g/mol. The number of ether oxygens (including phenoxy) is 1. The van der Waals surface area contributed by atoms with Gasteiger partial charge in [-0.2, -0.15) is 0 Å². The van der Waals surface area contributed by atoms with E-state index in [2.05, 4.69) is 0 Å². The first-order valence-electron chi connectivity index (χ1n) is 10.1. The minimum Gasteiger partial charge on any atom is -0.497 e. The Morgan fingerprint density at radius 1 is 1.10 bits per heavy atom. The Kier molecular flexibility index (Phi) is 5.38. The van der Waals surface area contributed by atoms with Gasteiger partial charge in [0.1, 0.15) is 5.75 Å². The zero-order valence-corrected chi connectivity index (χ0v) is 16.9. The van der Waals surface area contributed by atoms with E-state index < -0.39 is 0 Å². The topological polar surface area (TPSA) is 49.9 Å². The molecule has 0 N–H and O–H groups in total. The van der Waals surface area contributed by atoms with Gasteiger partial charge in [-0.25, -0.2) is 0 Å². The fourth-order valence-electron chi connectivity index (χ4n) is 4.43. The molecule has 2 aromatic carbocycles. The first-order valence-corrected chi connectivity index (χ1v) is 10.1. The van der Waals surface area contributed by atoms with Crippen LogP contribution in [0.25, 0.3) is 6.08 Å². The molecule has 2 aliphatic rings. The zero-order chi connectivity index (χ0) is 20.4. The number of hydrogen-bond donors (Lipinski definition) is 0. The Hall–Kier alpha value is -3.08. The van der Waals surface area contributed by atoms with Crippen molar-refractivity contribution < 1.29 is 14.3 Å². The summed E-state index contributed by atoms with van der Waals surface area (Å²) in [7, 11) is 1.65. The molecule has 0 radical (unpaired) electrons. The zero-order valence-electron chi connectivity index (χ0n) is 16.9. The van der Waals surface area contributed by atoms with Crippen molar-refractivity contribution in [2.75, 3.05) is 13.7 Å². The molecule has 2 aromatic rings. The average Bonchev–Trinajstić information content (AvgIpc) is 3.24. The van der Waals surface area contributed by atoms with E-state index in [4.69, 9.17) is 4.74 Å². The summed E-state index contributed by atoms with van der Waals surface area (Å²) in [6.07, 6.45) is 5.96. The van der Waals surface area contributed by atoms with Gasteiger partial charge in [0.25, 0.3) is 0 Å². The van der Waals surface area contributed by atoms with Crippen LogP contribution in [0.3, 0.4) is 0 Å². The normalized spacial score (nSPS) is 20.5. The van der Waals surface area contributed by atoms with Crippen LogP contribution in [0.2, 0.25) is 0 Å². The highest BCUT2D eigenvalue weighted by atomic mass is 16.5. The lowest BCUT2D eigenvalue weighted by Crippen LogP contribution is -2.37. The van der Waals surface area contributed by atoms with Gasteiger partial charge in [0.2, 0.25) is 11.8 Å². The first-order chi connectivity index (χ1) is 14.1. The summed E-state index contributed by atoms with van der Waals surface area (Å²) in [5.74, 6) is 0.846. The Morgan fingerprint density at radius 3 is 2.59 bits per heavy atom. The molecule has 0 aromatic heterocycles. The van der Waals surface area contributed by atoms with Crippen molar-refractivity contribution in [3.63, 3.8) is 0 Å². The van der Waals surface area contributed by atoms with Crippen LogP contribution in [-0.4, -0.2) is 35.3 Å². The summed E-state index contributed by atoms with van der Waals surface area (Å²) >= 11 is 0. The highest BCUT2D eigenvalue weighted by molar-refractivity contribution is 5.82. The van der Waals surface area contributed by atoms with Gasteiger partial charge in [-0.05, 0) is 47.7 Å². The molecule has 0 bridgehead atoms. The van der Waals surface area contributed by atoms with Crippen molar-refractivity contribution >= 4 is 17.9 Å². The summed E-state index contributed by atoms with van der Waals surface area (Å²) in [6, 6.07) is 15.7. The second-order valence-corrected chi connectivity index (χ2v) is 7.61. The van der Waals surface area contributed by atoms with Gasteiger partial charge >= 0.3 is 0 Å². The maximum Gasteiger partial charge on any atom is 0.225 e. The lowest BCUT2D eigenvalue weighted by molar-refractivity contribution is -0.135. The fraction of sp³-hybridized carbons (Fsp3) is 0.333. The van der Waals surface area contributed by atoms with Crippen LogP contribution >= 0.6 is 0 Å². The number of carbonyl (C=O) groups is 2. The van der Waals surface area contributed by atoms with E-state index in [9.17, 15) is 9.59 Å². The van der Waals surface area contributed by atoms with Crippen LogP contribution in [0, 0.1) is 0 Å². The minimum absolute atomic E-state index is 0.0540. The SMILES string of the molecule is COc1ccc([C@@H]2CCCN2C(=O)C[C@H]2c3ccccc3C=CN2C(C)=O)cc1. The Bertz CT molecular complexity index is 935. The summed E-state index contributed by atoms with van der Waals surface area (Å²) in [5, 5.41) is 0. The van der Waals surface area contributed by atoms with E-state index in [1.807, 2.05) is 59.5 Å². The van der Waals surface area contributed by atoms with Crippen molar-refractivity contribution in [3.8, 4) is 5.75 Å². The summed E-state index contributed by atoms with van der Waals surface area (Å²) in [4.78, 5) is 29.2. The number of hydrogen-bond acceptors (Lipinski definition) is 3. The van der Waals surface area contributed by atoms with Crippen LogP contribution in [0.4, 0.5) is 0 Å². The Morgan fingerprint density at radius 2 is 1.86 bits per heavy atom. The van der Waals surface area contributed by atoms with E-state index in [1.54, 1.807) is 25.1 Å². The smallest absolute Gasteiger partial charge is 0.225 e. The summed E-state index contributed by atoms with van der Waals surface area (Å²) in [6.45, 7) is 2.30. The van der Waals surface area contributed by atoms with Gasteiger partial charge in [0, 0.05) is 19.7 Å². The molecule has 5 nitrogen and oxygen atoms in total. The lowest BCUT2D eigenvalue weighted by Gasteiger charge is -2.34. The van der Waals surface area contributed by atoms with Gasteiger partial charge < -0.3 is 14.5 Å². The molecular weight excluding hydrogens is 364 g/mol. The van der Waals surface area contributed by atoms with E-state index in [0.717, 1.165) is 41.8 Å². The molecule has 4 rings (SSSR count). The monoisotopic (exact) mass is 390 g/mol. The van der Waals surface area contributed by atoms with Crippen LogP contribution in [-0.2, 0) is 9.59 Å². The lowest BCUT2D eigenvalue weighted by atomic mass is 9.93. The highest BCUT2D eigenvalue weighted by Crippen LogP contribution is 2.37. The van der Waals surface area contributed by atoms with E-state index in [-0.39, 0.29) is 30.3 Å². The van der Waals surface area contributed by atoms with Crippen LogP contribution in [0.1, 0.15) is 55.0 Å². The molecule has 5 heteroatoms. The molecule has 1 fully saturated rings. The maximum atomic E-state index is 13.3. The van der Waals surface area contributed by atoms with Gasteiger partial charge in [0.15, 0.2) is 0 Å². The molecule has 2 amide bonds. The van der Waals surface area contributed by atoms with Crippen molar-refractivity contribution in [2.24, 2.45) is 0 Å². The van der Waals surface area contributed by atoms with Crippen molar-refractivity contribution in [1.29, 1.82) is 0 Å². The van der Waals surface area contributed by atoms with E-state index in [1.165, 1.54) is 0 Å².